The van der Waals surface area contributed by atoms with E-state index >= 15 is 0 Å². The zero-order valence-electron chi connectivity index (χ0n) is 16.5. The van der Waals surface area contributed by atoms with E-state index in [0.717, 1.165) is 22.2 Å². The maximum Gasteiger partial charge on any atom is 0.423 e. The average Bonchev–Trinajstić information content (AvgIpc) is 2.84. The van der Waals surface area contributed by atoms with Crippen LogP contribution in [0.25, 0.3) is 11.8 Å². The quantitative estimate of drug-likeness (QED) is 0.376. The third-order valence-corrected chi connectivity index (χ3v) is 5.85. The maximum atomic E-state index is 9.16. The number of aromatic nitrogens is 2. The molecule has 0 N–H and O–H groups in total. The second-order valence-electron chi connectivity index (χ2n) is 7.42. The Labute approximate surface area is 185 Å². The summed E-state index contributed by atoms with van der Waals surface area (Å²) in [6.45, 7) is -1.88. The highest BCUT2D eigenvalue weighted by atomic mass is 35.5. The zero-order valence-corrected chi connectivity index (χ0v) is 17.3. The number of fused-ring (bicyclic) bond motifs is 1. The highest BCUT2D eigenvalue weighted by molar-refractivity contribution is 6.91. The minimum absolute atomic E-state index is 0.411. The van der Waals surface area contributed by atoms with Crippen LogP contribution in [0, 0.1) is 11.3 Å². The van der Waals surface area contributed by atoms with E-state index < -0.39 is 6.48 Å². The molecule has 2 heterocycles. The highest BCUT2D eigenvalue weighted by Gasteiger charge is 2.44. The molecule has 1 aromatic heterocycles. The van der Waals surface area contributed by atoms with Crippen molar-refractivity contribution in [3.05, 3.63) is 119 Å². The van der Waals surface area contributed by atoms with Gasteiger partial charge in [-0.25, -0.2) is 0 Å². The van der Waals surface area contributed by atoms with Crippen molar-refractivity contribution in [2.75, 3.05) is 0 Å². The first-order valence-corrected chi connectivity index (χ1v) is 10.3. The van der Waals surface area contributed by atoms with Gasteiger partial charge in [0.15, 0.2) is 0 Å². The number of halogens is 1. The van der Waals surface area contributed by atoms with Crippen LogP contribution in [0.2, 0.25) is 5.15 Å². The molecule has 0 radical (unpaired) electrons. The van der Waals surface area contributed by atoms with Crippen LogP contribution in [0.1, 0.15) is 16.8 Å². The van der Waals surface area contributed by atoms with E-state index in [0.29, 0.717) is 16.5 Å². The lowest BCUT2D eigenvalue weighted by molar-refractivity contribution is -0.561. The minimum atomic E-state index is -1.88. The zero-order chi connectivity index (χ0) is 21.3. The van der Waals surface area contributed by atoms with Gasteiger partial charge in [0.2, 0.25) is 11.5 Å². The fourth-order valence-electron chi connectivity index (χ4n) is 4.18. The largest absolute Gasteiger partial charge is 0.671 e. The van der Waals surface area contributed by atoms with Crippen molar-refractivity contribution in [2.45, 2.75) is 0 Å². The van der Waals surface area contributed by atoms with Crippen LogP contribution in [-0.4, -0.2) is 11.5 Å². The van der Waals surface area contributed by atoms with Gasteiger partial charge in [-0.3, -0.25) is 0 Å². The van der Waals surface area contributed by atoms with Crippen LogP contribution in [-0.2, 0) is 4.65 Å². The summed E-state index contributed by atoms with van der Waals surface area (Å²) in [5, 5.41) is 9.57. The molecule has 148 valence electrons. The number of hydrogen-bond acceptors (Lipinski definition) is 3. The number of nitrogens with zero attached hydrogens (tertiary/aromatic N) is 3. The molecule has 4 aromatic rings. The maximum absolute atomic E-state index is 9.16. The molecule has 4 nitrogen and oxygen atoms in total. The molecule has 5 rings (SSSR count). The highest BCUT2D eigenvalue weighted by Crippen LogP contribution is 2.27. The number of hydrogen-bond donors (Lipinski definition) is 0. The van der Waals surface area contributed by atoms with E-state index in [1.54, 1.807) is 18.5 Å². The van der Waals surface area contributed by atoms with E-state index in [1.165, 1.54) is 0 Å². The number of benzene rings is 3. The third kappa shape index (κ3) is 3.28. The molecule has 0 saturated carbocycles. The van der Waals surface area contributed by atoms with E-state index in [1.807, 2.05) is 60.7 Å². The van der Waals surface area contributed by atoms with Gasteiger partial charge in [0.05, 0.1) is 23.1 Å². The molecule has 0 amide bonds. The molecule has 6 heteroatoms. The normalized spacial score (nSPS) is 14.0. The second kappa shape index (κ2) is 7.75. The third-order valence-electron chi connectivity index (χ3n) is 5.64. The Morgan fingerprint density at radius 2 is 1.48 bits per heavy atom. The summed E-state index contributed by atoms with van der Waals surface area (Å²) in [5.74, 6) is 0.708. The smallest absolute Gasteiger partial charge is 0.423 e. The van der Waals surface area contributed by atoms with Gasteiger partial charge in [-0.05, 0) is 28.7 Å². The van der Waals surface area contributed by atoms with E-state index in [-0.39, 0.29) is 0 Å². The summed E-state index contributed by atoms with van der Waals surface area (Å²) in [5.41, 5.74) is 4.41. The van der Waals surface area contributed by atoms with Gasteiger partial charge in [0.25, 0.3) is 0 Å². The van der Waals surface area contributed by atoms with Gasteiger partial charge in [0, 0.05) is 17.7 Å². The molecule has 0 bridgehead atoms. The van der Waals surface area contributed by atoms with Crippen molar-refractivity contribution < 1.29 is 9.13 Å². The fourth-order valence-corrected chi connectivity index (χ4v) is 4.34. The molecule has 0 saturated heterocycles. The van der Waals surface area contributed by atoms with Crippen LogP contribution in [0.15, 0.2) is 97.3 Å². The lowest BCUT2D eigenvalue weighted by Crippen LogP contribution is -2.81. The van der Waals surface area contributed by atoms with Crippen molar-refractivity contribution in [1.82, 2.24) is 4.98 Å². The first-order chi connectivity index (χ1) is 15.2. The second-order valence-corrected chi connectivity index (χ2v) is 7.81. The monoisotopic (exact) mass is 421 g/mol. The van der Waals surface area contributed by atoms with Gasteiger partial charge >= 0.3 is 6.48 Å². The van der Waals surface area contributed by atoms with Gasteiger partial charge in [-0.2, -0.15) is 5.26 Å². The Morgan fingerprint density at radius 1 is 0.871 bits per heavy atom. The van der Waals surface area contributed by atoms with E-state index in [4.69, 9.17) is 21.5 Å². The van der Waals surface area contributed by atoms with E-state index in [9.17, 15) is 0 Å². The van der Waals surface area contributed by atoms with Crippen LogP contribution < -0.4 is 15.4 Å². The summed E-state index contributed by atoms with van der Waals surface area (Å²) in [6.07, 6.45) is 3.70. The Hall–Kier alpha value is -3.88. The fraction of sp³-hybridized carbons (Fsp3) is 0. The van der Waals surface area contributed by atoms with Gasteiger partial charge in [-0.15, -0.1) is 10.9 Å². The van der Waals surface area contributed by atoms with Crippen LogP contribution >= 0.6 is 11.6 Å². The summed E-state index contributed by atoms with van der Waals surface area (Å²) < 4.78 is 8.95. The molecule has 1 aliphatic rings. The predicted molar refractivity (Wildman–Crippen MR) is 123 cm³/mol. The van der Waals surface area contributed by atoms with Crippen LogP contribution in [0.3, 0.4) is 0 Å². The molecule has 0 fully saturated rings. The van der Waals surface area contributed by atoms with Gasteiger partial charge < -0.3 is 9.13 Å². The summed E-state index contributed by atoms with van der Waals surface area (Å²) in [6, 6.07) is 31.7. The molecule has 1 aliphatic heterocycles. The molecular weight excluding hydrogens is 405 g/mol. The Bertz CT molecular complexity index is 1280. The standard InChI is InChI=1S/C25H17BClN3O/c27-25-16-23-15-24(20-13-11-19(17-28)12-14-20)31-26(30(23)18-29-25,21-7-3-1-4-8-21)22-9-5-2-6-10-22/h1-16,18H. The van der Waals surface area contributed by atoms with Crippen LogP contribution in [0.4, 0.5) is 0 Å². The van der Waals surface area contributed by atoms with Crippen molar-refractivity contribution in [2.24, 2.45) is 0 Å². The lowest BCUT2D eigenvalue weighted by Gasteiger charge is -2.44. The Kier molecular flexibility index (Phi) is 4.78. The number of nitriles is 1. The van der Waals surface area contributed by atoms with Gasteiger partial charge in [0.1, 0.15) is 0 Å². The van der Waals surface area contributed by atoms with Crippen molar-refractivity contribution >= 4 is 40.8 Å². The number of rotatable bonds is 3. The summed E-state index contributed by atoms with van der Waals surface area (Å²) >= 11 is 6.27. The summed E-state index contributed by atoms with van der Waals surface area (Å²) in [7, 11) is 0. The lowest BCUT2D eigenvalue weighted by atomic mass is 9.40. The van der Waals surface area contributed by atoms with Crippen LogP contribution in [0.5, 0.6) is 0 Å². The molecule has 0 aliphatic carbocycles. The molecule has 3 aromatic carbocycles. The minimum Gasteiger partial charge on any atom is -0.671 e. The Balaban J connectivity index is 1.80. The SMILES string of the molecule is N#Cc1ccc(C2=Cc3cc(Cl)nc[n+]3[B-](c3ccccc3)(c3ccccc3)O2)cc1. The molecule has 0 spiro atoms. The topological polar surface area (TPSA) is 49.8 Å². The summed E-state index contributed by atoms with van der Waals surface area (Å²) in [4.78, 5) is 4.36. The van der Waals surface area contributed by atoms with E-state index in [2.05, 4.69) is 39.8 Å². The first kappa shape index (κ1) is 19.1. The predicted octanol–water partition coefficient (Wildman–Crippen LogP) is 3.53. The molecule has 31 heavy (non-hydrogen) atoms. The van der Waals surface area contributed by atoms with Gasteiger partial charge in [-0.1, -0.05) is 72.8 Å². The van der Waals surface area contributed by atoms with Crippen molar-refractivity contribution in [1.29, 1.82) is 5.26 Å². The average molecular weight is 422 g/mol. The molecule has 0 unspecified atom stereocenters. The van der Waals surface area contributed by atoms with Crippen molar-refractivity contribution in [3.63, 3.8) is 0 Å². The van der Waals surface area contributed by atoms with Crippen molar-refractivity contribution in [3.8, 4) is 6.07 Å². The molecular formula is C25H17BClN3O. The Morgan fingerprint density at radius 3 is 2.06 bits per heavy atom. The molecule has 0 atom stereocenters. The first-order valence-electron chi connectivity index (χ1n) is 9.95.